The van der Waals surface area contributed by atoms with Crippen LogP contribution in [-0.4, -0.2) is 41.1 Å². The Hall–Kier alpha value is -1.15. The second kappa shape index (κ2) is 8.80. The highest BCUT2D eigenvalue weighted by atomic mass is 35.5. The molecule has 1 aromatic rings. The molecule has 1 saturated heterocycles. The van der Waals surface area contributed by atoms with Crippen LogP contribution in [0.5, 0.6) is 0 Å². The molecule has 1 heterocycles. The molecule has 0 atom stereocenters. The predicted octanol–water partition coefficient (Wildman–Crippen LogP) is 1.70. The monoisotopic (exact) mass is 376 g/mol. The Balaban J connectivity index is 0.00000288. The first-order valence-corrected chi connectivity index (χ1v) is 9.35. The van der Waals surface area contributed by atoms with Gasteiger partial charge in [0, 0.05) is 6.54 Å². The zero-order chi connectivity index (χ0) is 16.9. The third-order valence-corrected chi connectivity index (χ3v) is 5.57. The summed E-state index contributed by atoms with van der Waals surface area (Å²) in [5.41, 5.74) is 0.705. The molecule has 2 rings (SSSR count). The standard InChI is InChI=1S/C16H24N2O4S.ClH/c1-16(7-9-17-10-8-16)12-18-23(20,21)11-13-5-3-4-6-14(13)15(19)22-2;/h3-6,17-18H,7-12H2,1-2H3;1H. The fourth-order valence-corrected chi connectivity index (χ4v) is 4.03. The van der Waals surface area contributed by atoms with Crippen LogP contribution in [0.2, 0.25) is 0 Å². The van der Waals surface area contributed by atoms with Crippen LogP contribution in [0, 0.1) is 5.41 Å². The quantitative estimate of drug-likeness (QED) is 0.738. The topological polar surface area (TPSA) is 84.5 Å². The summed E-state index contributed by atoms with van der Waals surface area (Å²) in [6, 6.07) is 6.61. The van der Waals surface area contributed by atoms with Crippen molar-refractivity contribution in [2.75, 3.05) is 26.7 Å². The number of hydrogen-bond donors (Lipinski definition) is 2. The average molecular weight is 377 g/mol. The van der Waals surface area contributed by atoms with Gasteiger partial charge in [-0.05, 0) is 43.0 Å². The van der Waals surface area contributed by atoms with E-state index in [1.165, 1.54) is 7.11 Å². The minimum atomic E-state index is -3.51. The highest BCUT2D eigenvalue weighted by molar-refractivity contribution is 7.88. The summed E-state index contributed by atoms with van der Waals surface area (Å²) in [5.74, 6) is -0.756. The normalized spacial score (nSPS) is 16.9. The molecule has 1 aromatic carbocycles. The second-order valence-corrected chi connectivity index (χ2v) is 8.10. The maximum atomic E-state index is 12.4. The van der Waals surface area contributed by atoms with Gasteiger partial charge in [0.2, 0.25) is 10.0 Å². The Bertz CT molecular complexity index is 658. The Morgan fingerprint density at radius 2 is 1.92 bits per heavy atom. The Morgan fingerprint density at radius 3 is 2.54 bits per heavy atom. The van der Waals surface area contributed by atoms with E-state index in [9.17, 15) is 13.2 Å². The van der Waals surface area contributed by atoms with Gasteiger partial charge in [-0.1, -0.05) is 25.1 Å². The van der Waals surface area contributed by atoms with Crippen molar-refractivity contribution >= 4 is 28.4 Å². The van der Waals surface area contributed by atoms with Gasteiger partial charge in [0.15, 0.2) is 0 Å². The molecule has 8 heteroatoms. The van der Waals surface area contributed by atoms with Crippen molar-refractivity contribution in [2.45, 2.75) is 25.5 Å². The van der Waals surface area contributed by atoms with Gasteiger partial charge in [0.25, 0.3) is 0 Å². The van der Waals surface area contributed by atoms with Gasteiger partial charge in [-0.3, -0.25) is 0 Å². The highest BCUT2D eigenvalue weighted by Gasteiger charge is 2.28. The number of esters is 1. The van der Waals surface area contributed by atoms with Gasteiger partial charge < -0.3 is 10.1 Å². The van der Waals surface area contributed by atoms with Crippen LogP contribution in [0.3, 0.4) is 0 Å². The van der Waals surface area contributed by atoms with Crippen LogP contribution in [-0.2, 0) is 20.5 Å². The lowest BCUT2D eigenvalue weighted by Gasteiger charge is -2.34. The number of piperidine rings is 1. The molecular formula is C16H25ClN2O4S. The van der Waals surface area contributed by atoms with E-state index >= 15 is 0 Å². The molecule has 0 aromatic heterocycles. The maximum Gasteiger partial charge on any atom is 0.338 e. The molecule has 6 nitrogen and oxygen atoms in total. The number of carbonyl (C=O) groups is 1. The van der Waals surface area contributed by atoms with Gasteiger partial charge in [-0.25, -0.2) is 17.9 Å². The van der Waals surface area contributed by atoms with E-state index in [0.29, 0.717) is 12.1 Å². The molecule has 0 aliphatic carbocycles. The summed E-state index contributed by atoms with van der Waals surface area (Å²) in [6.45, 7) is 4.32. The van der Waals surface area contributed by atoms with Crippen molar-refractivity contribution in [3.05, 3.63) is 35.4 Å². The molecule has 0 spiro atoms. The Labute approximate surface area is 149 Å². The van der Waals surface area contributed by atoms with E-state index in [1.807, 2.05) is 0 Å². The minimum Gasteiger partial charge on any atom is -0.465 e. The van der Waals surface area contributed by atoms with Gasteiger partial charge in [-0.15, -0.1) is 12.4 Å². The van der Waals surface area contributed by atoms with E-state index in [-0.39, 0.29) is 29.1 Å². The second-order valence-electron chi connectivity index (χ2n) is 6.29. The van der Waals surface area contributed by atoms with Crippen molar-refractivity contribution in [3.63, 3.8) is 0 Å². The third-order valence-electron chi connectivity index (χ3n) is 4.30. The highest BCUT2D eigenvalue weighted by Crippen LogP contribution is 2.27. The summed E-state index contributed by atoms with van der Waals surface area (Å²) in [6.07, 6.45) is 1.88. The fourth-order valence-electron chi connectivity index (χ4n) is 2.70. The SMILES string of the molecule is COC(=O)c1ccccc1CS(=O)(=O)NCC1(C)CCNCC1.Cl. The molecule has 1 fully saturated rings. The average Bonchev–Trinajstić information content (AvgIpc) is 2.53. The third kappa shape index (κ3) is 5.73. The zero-order valence-electron chi connectivity index (χ0n) is 14.0. The Kier molecular flexibility index (Phi) is 7.66. The first-order chi connectivity index (χ1) is 10.9. The van der Waals surface area contributed by atoms with Crippen molar-refractivity contribution in [1.29, 1.82) is 0 Å². The van der Waals surface area contributed by atoms with E-state index in [1.54, 1.807) is 24.3 Å². The van der Waals surface area contributed by atoms with E-state index < -0.39 is 16.0 Å². The number of halogens is 1. The maximum absolute atomic E-state index is 12.4. The lowest BCUT2D eigenvalue weighted by molar-refractivity contribution is 0.0600. The number of sulfonamides is 1. The first-order valence-electron chi connectivity index (χ1n) is 7.69. The number of carbonyl (C=O) groups excluding carboxylic acids is 1. The van der Waals surface area contributed by atoms with E-state index in [0.717, 1.165) is 25.9 Å². The molecule has 136 valence electrons. The molecule has 0 radical (unpaired) electrons. The van der Waals surface area contributed by atoms with Crippen LogP contribution >= 0.6 is 12.4 Å². The van der Waals surface area contributed by atoms with E-state index in [2.05, 4.69) is 17.0 Å². The van der Waals surface area contributed by atoms with Gasteiger partial charge in [0.1, 0.15) is 0 Å². The van der Waals surface area contributed by atoms with Crippen LogP contribution in [0.1, 0.15) is 35.7 Å². The van der Waals surface area contributed by atoms with Gasteiger partial charge in [-0.2, -0.15) is 0 Å². The summed E-state index contributed by atoms with van der Waals surface area (Å²) in [4.78, 5) is 11.7. The van der Waals surface area contributed by atoms with Crippen LogP contribution < -0.4 is 10.0 Å². The predicted molar refractivity (Wildman–Crippen MR) is 95.9 cm³/mol. The molecule has 24 heavy (non-hydrogen) atoms. The van der Waals surface area contributed by atoms with Crippen molar-refractivity contribution < 1.29 is 17.9 Å². The largest absolute Gasteiger partial charge is 0.465 e. The molecule has 2 N–H and O–H groups in total. The lowest BCUT2D eigenvalue weighted by atomic mass is 9.81. The lowest BCUT2D eigenvalue weighted by Crippen LogP contribution is -2.43. The Morgan fingerprint density at radius 1 is 1.29 bits per heavy atom. The number of benzene rings is 1. The van der Waals surface area contributed by atoms with E-state index in [4.69, 9.17) is 4.74 Å². The number of hydrogen-bond acceptors (Lipinski definition) is 5. The molecule has 0 bridgehead atoms. The molecule has 1 aliphatic heterocycles. The molecule has 0 amide bonds. The van der Waals surface area contributed by atoms with Gasteiger partial charge in [0.05, 0.1) is 18.4 Å². The number of ether oxygens (including phenoxy) is 1. The van der Waals surface area contributed by atoms with Crippen molar-refractivity contribution in [1.82, 2.24) is 10.0 Å². The van der Waals surface area contributed by atoms with Crippen LogP contribution in [0.15, 0.2) is 24.3 Å². The summed E-state index contributed by atoms with van der Waals surface area (Å²) in [7, 11) is -2.23. The minimum absolute atomic E-state index is 0. The van der Waals surface area contributed by atoms with Crippen molar-refractivity contribution in [3.8, 4) is 0 Å². The fraction of sp³-hybridized carbons (Fsp3) is 0.562. The summed E-state index contributed by atoms with van der Waals surface area (Å²) >= 11 is 0. The molecule has 0 unspecified atom stereocenters. The number of nitrogens with one attached hydrogen (secondary N) is 2. The smallest absolute Gasteiger partial charge is 0.338 e. The summed E-state index contributed by atoms with van der Waals surface area (Å²) < 4.78 is 32.1. The zero-order valence-corrected chi connectivity index (χ0v) is 15.6. The van der Waals surface area contributed by atoms with Crippen LogP contribution in [0.4, 0.5) is 0 Å². The molecule has 0 saturated carbocycles. The number of rotatable bonds is 6. The molecule has 1 aliphatic rings. The summed E-state index contributed by atoms with van der Waals surface area (Å²) in [5, 5.41) is 3.27. The van der Waals surface area contributed by atoms with Crippen LogP contribution in [0.25, 0.3) is 0 Å². The van der Waals surface area contributed by atoms with Gasteiger partial charge >= 0.3 is 5.97 Å². The first kappa shape index (κ1) is 20.9. The van der Waals surface area contributed by atoms with Crippen molar-refractivity contribution in [2.24, 2.45) is 5.41 Å². The molecular weight excluding hydrogens is 352 g/mol. The number of methoxy groups -OCH3 is 1.